The van der Waals surface area contributed by atoms with Gasteiger partial charge in [0.2, 0.25) is 0 Å². The number of benzene rings is 4. The van der Waals surface area contributed by atoms with Crippen LogP contribution in [0.15, 0.2) is 120 Å². The van der Waals surface area contributed by atoms with Crippen LogP contribution in [0.25, 0.3) is 44.3 Å². The average molecular weight is 825 g/mol. The summed E-state index contributed by atoms with van der Waals surface area (Å²) in [4.78, 5) is 0. The van der Waals surface area contributed by atoms with Gasteiger partial charge in [0.15, 0.2) is 0 Å². The van der Waals surface area contributed by atoms with E-state index in [0.717, 1.165) is 0 Å². The van der Waals surface area contributed by atoms with Gasteiger partial charge in [-0.25, -0.2) is 0 Å². The molecule has 0 aliphatic heterocycles. The molecule has 0 bridgehead atoms. The molecule has 2 aliphatic carbocycles. The van der Waals surface area contributed by atoms with E-state index < -0.39 is 26.6 Å². The van der Waals surface area contributed by atoms with E-state index in [1.165, 1.54) is 55.7 Å². The molecule has 2 atom stereocenters. The second-order valence-corrected chi connectivity index (χ2v) is 41.0. The van der Waals surface area contributed by atoms with Gasteiger partial charge in [-0.15, -0.1) is 0 Å². The fourth-order valence-corrected chi connectivity index (χ4v) is 41.8. The molecule has 0 fully saturated rings. The Morgan fingerprint density at radius 1 is 0.500 bits per heavy atom. The number of rotatable bonds is 5. The molecule has 8 rings (SSSR count). The standard InChI is InChI=1S/2C19H16N.C2H7Si.2ClH.Hf/c2*1-13-12-17-16-10-6-7-11-18(16)20(19(17)14(13)2)15-8-4-3-5-9-15;1-3-2;;;/h2*3-12H,1-2H3;3H,1-2H3;2*1H;/q;;;;;+2/p-2. The second-order valence-electron chi connectivity index (χ2n) is 13.0. The second kappa shape index (κ2) is 12.6. The van der Waals surface area contributed by atoms with Crippen LogP contribution in [0.5, 0.6) is 0 Å². The van der Waals surface area contributed by atoms with Gasteiger partial charge in [0, 0.05) is 0 Å². The number of allylic oxidation sites excluding steroid dienone is 4. The molecule has 2 nitrogen and oxygen atoms in total. The molecule has 0 amide bonds. The summed E-state index contributed by atoms with van der Waals surface area (Å²) in [5.74, 6) is -1.00. The Morgan fingerprint density at radius 2 is 0.848 bits per heavy atom. The summed E-state index contributed by atoms with van der Waals surface area (Å²) >= 11 is -2.53. The van der Waals surface area contributed by atoms with Gasteiger partial charge in [-0.05, 0) is 0 Å². The van der Waals surface area contributed by atoms with E-state index in [4.69, 9.17) is 0 Å². The molecule has 0 saturated carbocycles. The molecule has 0 N–H and O–H groups in total. The van der Waals surface area contributed by atoms with Crippen LogP contribution in [0.2, 0.25) is 13.1 Å². The number of nitrogens with zero attached hydrogens (tertiary/aromatic N) is 2. The summed E-state index contributed by atoms with van der Waals surface area (Å²) in [7, 11) is 0. The first-order chi connectivity index (χ1) is 21.4. The van der Waals surface area contributed by atoms with E-state index in [1.807, 2.05) is 0 Å². The number of hydrogen-bond acceptors (Lipinski definition) is 0. The molecule has 4 aromatic carbocycles. The van der Waals surface area contributed by atoms with Crippen LogP contribution < -0.4 is 24.8 Å². The van der Waals surface area contributed by atoms with Gasteiger partial charge < -0.3 is 24.8 Å². The largest absolute Gasteiger partial charge is 1.00 e. The summed E-state index contributed by atoms with van der Waals surface area (Å²) in [5, 5.41) is 2.93. The molecular formula is C40H39Cl2HfN2Si. The number of hydrogen-bond donors (Lipinski definition) is 0. The molecule has 0 radical (unpaired) electrons. The van der Waals surface area contributed by atoms with Crippen molar-refractivity contribution >= 4 is 38.9 Å². The van der Waals surface area contributed by atoms with Crippen molar-refractivity contribution in [1.29, 1.82) is 0 Å². The van der Waals surface area contributed by atoms with Gasteiger partial charge in [-0.1, -0.05) is 0 Å². The Bertz CT molecular complexity index is 2010. The maximum atomic E-state index is 2.69. The molecule has 6 heteroatoms. The Labute approximate surface area is 293 Å². The molecule has 2 heterocycles. The first kappa shape index (κ1) is 33.0. The minimum atomic E-state index is -2.53. The zero-order valence-corrected chi connectivity index (χ0v) is 33.5. The predicted molar refractivity (Wildman–Crippen MR) is 187 cm³/mol. The molecule has 2 aromatic heterocycles. The van der Waals surface area contributed by atoms with Crippen LogP contribution in [0.3, 0.4) is 0 Å². The third-order valence-corrected chi connectivity index (χ3v) is 41.7. The van der Waals surface area contributed by atoms with Gasteiger partial charge >= 0.3 is 271 Å². The Morgan fingerprint density at radius 3 is 1.22 bits per heavy atom. The molecule has 46 heavy (non-hydrogen) atoms. The minimum Gasteiger partial charge on any atom is -1.00 e. The van der Waals surface area contributed by atoms with E-state index >= 15 is 0 Å². The monoisotopic (exact) mass is 825 g/mol. The summed E-state index contributed by atoms with van der Waals surface area (Å²) in [6, 6.07) is 40.5. The summed E-state index contributed by atoms with van der Waals surface area (Å²) in [6.07, 6.45) is 0. The summed E-state index contributed by atoms with van der Waals surface area (Å²) in [5.41, 5.74) is 17.8. The number of aromatic nitrogens is 2. The molecule has 231 valence electrons. The average Bonchev–Trinajstić information content (AvgIpc) is 3.72. The third kappa shape index (κ3) is 4.66. The zero-order chi connectivity index (χ0) is 30.3. The molecule has 6 aromatic rings. The van der Waals surface area contributed by atoms with Gasteiger partial charge in [-0.3, -0.25) is 0 Å². The van der Waals surface area contributed by atoms with Gasteiger partial charge in [0.25, 0.3) is 0 Å². The van der Waals surface area contributed by atoms with E-state index in [2.05, 4.69) is 159 Å². The quantitative estimate of drug-likeness (QED) is 0.226. The van der Waals surface area contributed by atoms with E-state index in [9.17, 15) is 0 Å². The third-order valence-electron chi connectivity index (χ3n) is 10.5. The van der Waals surface area contributed by atoms with Crippen LogP contribution in [0, 0.1) is 0 Å². The van der Waals surface area contributed by atoms with Crippen molar-refractivity contribution < 1.29 is 45.4 Å². The zero-order valence-electron chi connectivity index (χ0n) is 27.3. The topological polar surface area (TPSA) is 9.86 Å². The Kier molecular flexibility index (Phi) is 9.06. The summed E-state index contributed by atoms with van der Waals surface area (Å²) in [6.45, 7) is 15.2. The fourth-order valence-electron chi connectivity index (χ4n) is 8.45. The van der Waals surface area contributed by atoms with Crippen molar-refractivity contribution in [3.8, 4) is 11.4 Å². The minimum absolute atomic E-state index is 0. The number of fused-ring (bicyclic) bond motifs is 6. The van der Waals surface area contributed by atoms with Crippen LogP contribution in [-0.2, 0) is 20.6 Å². The molecular weight excluding hydrogens is 786 g/mol. The van der Waals surface area contributed by atoms with Crippen LogP contribution in [0.4, 0.5) is 0 Å². The van der Waals surface area contributed by atoms with Crippen molar-refractivity contribution in [2.24, 2.45) is 0 Å². The maximum absolute atomic E-state index is 2.69. The van der Waals surface area contributed by atoms with Crippen molar-refractivity contribution in [2.45, 2.75) is 48.1 Å². The maximum Gasteiger partial charge on any atom is -1.00 e. The van der Waals surface area contributed by atoms with Crippen molar-refractivity contribution in [2.75, 3.05) is 0 Å². The summed E-state index contributed by atoms with van der Waals surface area (Å²) < 4.78 is 6.36. The SMILES string of the molecule is CC1=C(C)[CH]([Hf+2]([CH]2C(C)=C(C)c3c2c2ccccc2n3-c2ccccc2)[SiH](C)C)c2c1n(-c1ccccc1)c1ccccc21.[Cl-].[Cl-]. The van der Waals surface area contributed by atoms with E-state index in [1.54, 1.807) is 22.3 Å². The normalized spacial score (nSPS) is 17.0. The van der Waals surface area contributed by atoms with Gasteiger partial charge in [-0.2, -0.15) is 0 Å². The van der Waals surface area contributed by atoms with Crippen molar-refractivity contribution in [3.05, 3.63) is 143 Å². The molecule has 0 spiro atoms. The van der Waals surface area contributed by atoms with E-state index in [-0.39, 0.29) is 24.8 Å². The van der Waals surface area contributed by atoms with Crippen LogP contribution in [-0.4, -0.2) is 15.1 Å². The first-order valence-electron chi connectivity index (χ1n) is 16.0. The number of halogens is 2. The van der Waals surface area contributed by atoms with Crippen molar-refractivity contribution in [3.63, 3.8) is 0 Å². The predicted octanol–water partition coefficient (Wildman–Crippen LogP) is 4.58. The van der Waals surface area contributed by atoms with Crippen LogP contribution in [0.1, 0.15) is 57.6 Å². The van der Waals surface area contributed by atoms with Gasteiger partial charge in [0.1, 0.15) is 0 Å². The van der Waals surface area contributed by atoms with Gasteiger partial charge in [0.05, 0.1) is 0 Å². The first-order valence-corrected chi connectivity index (χ1v) is 29.3. The van der Waals surface area contributed by atoms with Crippen LogP contribution >= 0.6 is 0 Å². The molecule has 2 unspecified atom stereocenters. The Balaban J connectivity index is 0.00000186. The molecule has 2 aliphatic rings. The molecule has 0 saturated heterocycles. The van der Waals surface area contributed by atoms with E-state index in [0.29, 0.717) is 7.35 Å². The van der Waals surface area contributed by atoms with Crippen molar-refractivity contribution in [1.82, 2.24) is 9.13 Å². The smallest absolute Gasteiger partial charge is 1.00 e. The number of para-hydroxylation sites is 4. The fraction of sp³-hybridized carbons (Fsp3) is 0.200. The Hall–Kier alpha value is -2.89.